The zero-order chi connectivity index (χ0) is 20.3. The van der Waals surface area contributed by atoms with E-state index in [0.29, 0.717) is 0 Å². The van der Waals surface area contributed by atoms with Gasteiger partial charge in [-0.3, -0.25) is 28.8 Å². The number of carboxylic acids is 2. The summed E-state index contributed by atoms with van der Waals surface area (Å²) in [7, 11) is 0. The predicted molar refractivity (Wildman–Crippen MR) is 84.2 cm³/mol. The molecule has 0 bridgehead atoms. The summed E-state index contributed by atoms with van der Waals surface area (Å²) < 4.78 is 0. The smallest absolute Gasteiger partial charge is 0.322 e. The van der Waals surface area contributed by atoms with Crippen LogP contribution in [0, 0.1) is 0 Å². The number of amides is 4. The highest BCUT2D eigenvalue weighted by atomic mass is 16.4. The fourth-order valence-electron chi connectivity index (χ4n) is 1.75. The molecule has 0 fully saturated rings. The minimum absolute atomic E-state index is 0.253. The third kappa shape index (κ3) is 9.82. The van der Waals surface area contributed by atoms with Gasteiger partial charge in [0.25, 0.3) is 0 Å². The first-order valence-corrected chi connectivity index (χ1v) is 7.36. The standard InChI is InChI=1S/C13H21N5O8/c14-4-9(20)17-7(3-10(21)22)13(26)18-6(1-2-8(15)19)12(25)16-5-11(23)24/h6-7H,1-5,14H2,(H2,15,19)(H,16,25)(H,17,20)(H,18,26)(H,21,22)(H,23,24). The van der Waals surface area contributed by atoms with E-state index in [0.717, 1.165) is 0 Å². The van der Waals surface area contributed by atoms with Gasteiger partial charge in [-0.1, -0.05) is 0 Å². The summed E-state index contributed by atoms with van der Waals surface area (Å²) in [6.07, 6.45) is -1.34. The number of rotatable bonds is 12. The van der Waals surface area contributed by atoms with Crippen LogP contribution in [0.25, 0.3) is 0 Å². The molecule has 26 heavy (non-hydrogen) atoms. The number of primary amides is 1. The Labute approximate surface area is 147 Å². The van der Waals surface area contributed by atoms with Gasteiger partial charge in [0.15, 0.2) is 0 Å². The van der Waals surface area contributed by atoms with Gasteiger partial charge in [0.2, 0.25) is 23.6 Å². The highest BCUT2D eigenvalue weighted by molar-refractivity contribution is 5.95. The lowest BCUT2D eigenvalue weighted by atomic mass is 10.1. The molecule has 0 radical (unpaired) electrons. The molecule has 0 aliphatic carbocycles. The van der Waals surface area contributed by atoms with E-state index in [-0.39, 0.29) is 12.8 Å². The van der Waals surface area contributed by atoms with Crippen LogP contribution in [0.3, 0.4) is 0 Å². The van der Waals surface area contributed by atoms with Gasteiger partial charge in [-0.25, -0.2) is 0 Å². The largest absolute Gasteiger partial charge is 0.481 e. The number of carbonyl (C=O) groups excluding carboxylic acids is 4. The van der Waals surface area contributed by atoms with E-state index in [1.165, 1.54) is 0 Å². The molecule has 4 amide bonds. The molecule has 0 saturated carbocycles. The Balaban J connectivity index is 5.14. The van der Waals surface area contributed by atoms with Gasteiger partial charge in [0.05, 0.1) is 13.0 Å². The molecule has 146 valence electrons. The third-order valence-corrected chi connectivity index (χ3v) is 2.94. The first kappa shape index (κ1) is 22.8. The van der Waals surface area contributed by atoms with Crippen molar-refractivity contribution in [2.75, 3.05) is 13.1 Å². The van der Waals surface area contributed by atoms with Crippen molar-refractivity contribution in [1.82, 2.24) is 16.0 Å². The minimum Gasteiger partial charge on any atom is -0.481 e. The fourth-order valence-corrected chi connectivity index (χ4v) is 1.75. The van der Waals surface area contributed by atoms with Crippen molar-refractivity contribution < 1.29 is 39.0 Å². The van der Waals surface area contributed by atoms with Crippen LogP contribution < -0.4 is 27.4 Å². The second-order valence-electron chi connectivity index (χ2n) is 5.10. The van der Waals surface area contributed by atoms with E-state index < -0.39 is 67.2 Å². The zero-order valence-electron chi connectivity index (χ0n) is 13.7. The van der Waals surface area contributed by atoms with Gasteiger partial charge in [0, 0.05) is 6.42 Å². The Bertz CT molecular complexity index is 579. The van der Waals surface area contributed by atoms with Crippen molar-refractivity contribution in [2.24, 2.45) is 11.5 Å². The van der Waals surface area contributed by atoms with Gasteiger partial charge in [0.1, 0.15) is 18.6 Å². The maximum Gasteiger partial charge on any atom is 0.322 e. The Morgan fingerprint density at radius 3 is 1.96 bits per heavy atom. The Kier molecular flexibility index (Phi) is 9.95. The van der Waals surface area contributed by atoms with Crippen LogP contribution in [0.5, 0.6) is 0 Å². The van der Waals surface area contributed by atoms with Crippen LogP contribution in [0.15, 0.2) is 0 Å². The number of hydrogen-bond donors (Lipinski definition) is 7. The molecular formula is C13H21N5O8. The average Bonchev–Trinajstić information content (AvgIpc) is 2.54. The van der Waals surface area contributed by atoms with Crippen LogP contribution in [0.4, 0.5) is 0 Å². The lowest BCUT2D eigenvalue weighted by Crippen LogP contribution is -2.55. The fraction of sp³-hybridized carbons (Fsp3) is 0.538. The topological polar surface area (TPSA) is 231 Å². The van der Waals surface area contributed by atoms with Crippen molar-refractivity contribution in [3.05, 3.63) is 0 Å². The molecule has 0 spiro atoms. The van der Waals surface area contributed by atoms with Crippen molar-refractivity contribution in [3.63, 3.8) is 0 Å². The molecule has 0 aromatic rings. The predicted octanol–water partition coefficient (Wildman–Crippen LogP) is -4.14. The minimum atomic E-state index is -1.52. The summed E-state index contributed by atoms with van der Waals surface area (Å²) in [6, 6.07) is -2.88. The molecule has 0 aliphatic heterocycles. The van der Waals surface area contributed by atoms with E-state index in [9.17, 15) is 28.8 Å². The summed E-state index contributed by atoms with van der Waals surface area (Å²) >= 11 is 0. The Hall–Kier alpha value is -3.22. The second-order valence-corrected chi connectivity index (χ2v) is 5.10. The third-order valence-electron chi connectivity index (χ3n) is 2.94. The molecule has 0 saturated heterocycles. The monoisotopic (exact) mass is 375 g/mol. The van der Waals surface area contributed by atoms with E-state index in [4.69, 9.17) is 21.7 Å². The molecule has 0 heterocycles. The molecule has 13 nitrogen and oxygen atoms in total. The lowest BCUT2D eigenvalue weighted by Gasteiger charge is -2.21. The first-order chi connectivity index (χ1) is 12.1. The number of aliphatic carboxylic acids is 2. The summed E-state index contributed by atoms with van der Waals surface area (Å²) in [5.41, 5.74) is 10.1. The van der Waals surface area contributed by atoms with Crippen LogP contribution in [-0.4, -0.2) is 71.0 Å². The summed E-state index contributed by atoms with van der Waals surface area (Å²) in [5.74, 6) is -6.23. The Morgan fingerprint density at radius 1 is 0.885 bits per heavy atom. The molecule has 13 heteroatoms. The number of nitrogens with two attached hydrogens (primary N) is 2. The summed E-state index contributed by atoms with van der Waals surface area (Å²) in [4.78, 5) is 67.6. The maximum absolute atomic E-state index is 12.2. The number of hydrogen-bond acceptors (Lipinski definition) is 7. The SMILES string of the molecule is NCC(=O)NC(CC(=O)O)C(=O)NC(CCC(N)=O)C(=O)NCC(=O)O. The molecule has 0 aromatic heterocycles. The summed E-state index contributed by atoms with van der Waals surface area (Å²) in [6.45, 7) is -1.22. The van der Waals surface area contributed by atoms with Gasteiger partial charge in [-0.05, 0) is 6.42 Å². The molecule has 9 N–H and O–H groups in total. The highest BCUT2D eigenvalue weighted by Crippen LogP contribution is 2.01. The van der Waals surface area contributed by atoms with Gasteiger partial charge in [-0.15, -0.1) is 0 Å². The molecule has 2 atom stereocenters. The molecule has 0 rings (SSSR count). The lowest BCUT2D eigenvalue weighted by molar-refractivity contribution is -0.141. The van der Waals surface area contributed by atoms with Crippen molar-refractivity contribution in [3.8, 4) is 0 Å². The summed E-state index contributed by atoms with van der Waals surface area (Å²) in [5, 5.41) is 23.6. The maximum atomic E-state index is 12.2. The van der Waals surface area contributed by atoms with Gasteiger partial charge < -0.3 is 37.6 Å². The zero-order valence-corrected chi connectivity index (χ0v) is 13.7. The molecule has 0 aromatic carbocycles. The average molecular weight is 375 g/mol. The number of carboxylic acid groups (broad SMARTS) is 2. The van der Waals surface area contributed by atoms with Gasteiger partial charge >= 0.3 is 11.9 Å². The van der Waals surface area contributed by atoms with Crippen LogP contribution in [-0.2, 0) is 28.8 Å². The highest BCUT2D eigenvalue weighted by Gasteiger charge is 2.28. The van der Waals surface area contributed by atoms with Crippen LogP contribution in [0.1, 0.15) is 19.3 Å². The van der Waals surface area contributed by atoms with E-state index in [1.54, 1.807) is 0 Å². The van der Waals surface area contributed by atoms with E-state index in [1.807, 2.05) is 5.32 Å². The van der Waals surface area contributed by atoms with E-state index in [2.05, 4.69) is 10.6 Å². The van der Waals surface area contributed by atoms with Crippen LogP contribution >= 0.6 is 0 Å². The van der Waals surface area contributed by atoms with Crippen molar-refractivity contribution >= 4 is 35.6 Å². The van der Waals surface area contributed by atoms with E-state index >= 15 is 0 Å². The van der Waals surface area contributed by atoms with Crippen molar-refractivity contribution in [1.29, 1.82) is 0 Å². The quantitative estimate of drug-likeness (QED) is 0.175. The second kappa shape index (κ2) is 11.4. The first-order valence-electron chi connectivity index (χ1n) is 7.36. The van der Waals surface area contributed by atoms with Gasteiger partial charge in [-0.2, -0.15) is 0 Å². The number of nitrogens with one attached hydrogen (secondary N) is 3. The number of carbonyl (C=O) groups is 6. The molecule has 0 aliphatic rings. The van der Waals surface area contributed by atoms with Crippen LogP contribution in [0.2, 0.25) is 0 Å². The molecule has 2 unspecified atom stereocenters. The van der Waals surface area contributed by atoms with Crippen molar-refractivity contribution in [2.45, 2.75) is 31.3 Å². The Morgan fingerprint density at radius 2 is 1.50 bits per heavy atom. The normalized spacial score (nSPS) is 12.3. The molecular weight excluding hydrogens is 354 g/mol.